The summed E-state index contributed by atoms with van der Waals surface area (Å²) in [6.07, 6.45) is 3.13. The Hall–Kier alpha value is -2.82. The molecule has 1 aromatic carbocycles. The Balaban J connectivity index is 1.50. The number of hydrogen-bond donors (Lipinski definition) is 2. The number of nitrogens with zero attached hydrogens (tertiary/aromatic N) is 4. The first kappa shape index (κ1) is 25.3. The fraction of sp³-hybridized carbons (Fsp3) is 0.560. The zero-order valence-corrected chi connectivity index (χ0v) is 20.6. The van der Waals surface area contributed by atoms with E-state index < -0.39 is 0 Å². The van der Waals surface area contributed by atoms with Gasteiger partial charge in [0.15, 0.2) is 0 Å². The van der Waals surface area contributed by atoms with Crippen LogP contribution < -0.4 is 15.0 Å². The number of aryl methyl sites for hydroxylation is 2. The molecule has 2 N–H and O–H groups in total. The largest absolute Gasteiger partial charge is 0.467 e. The van der Waals surface area contributed by atoms with Crippen LogP contribution >= 0.6 is 0 Å². The molecule has 9 nitrogen and oxygen atoms in total. The van der Waals surface area contributed by atoms with Gasteiger partial charge in [-0.15, -0.1) is 0 Å². The predicted molar refractivity (Wildman–Crippen MR) is 134 cm³/mol. The van der Waals surface area contributed by atoms with E-state index in [0.29, 0.717) is 44.8 Å². The average Bonchev–Trinajstić information content (AvgIpc) is 2.85. The molecule has 0 amide bonds. The van der Waals surface area contributed by atoms with E-state index in [-0.39, 0.29) is 12.7 Å². The molecule has 0 radical (unpaired) electrons. The van der Waals surface area contributed by atoms with Crippen LogP contribution in [0.1, 0.15) is 23.1 Å². The number of nitrogens with one attached hydrogen (secondary N) is 2. The number of halogens is 1. The van der Waals surface area contributed by atoms with Crippen LogP contribution in [0, 0.1) is 12.3 Å². The monoisotopic (exact) mass is 486 g/mol. The topological polar surface area (TPSA) is 95.8 Å². The average molecular weight is 487 g/mol. The van der Waals surface area contributed by atoms with Crippen LogP contribution in [0.15, 0.2) is 18.2 Å². The second-order valence-corrected chi connectivity index (χ2v) is 8.85. The zero-order chi connectivity index (χ0) is 24.6. The molecule has 3 heterocycles. The van der Waals surface area contributed by atoms with Crippen molar-refractivity contribution in [3.63, 3.8) is 0 Å². The van der Waals surface area contributed by atoms with E-state index in [1.54, 1.807) is 7.11 Å². The van der Waals surface area contributed by atoms with Crippen LogP contribution in [0.5, 0.6) is 6.01 Å². The number of morpholine rings is 1. The molecule has 2 saturated heterocycles. The zero-order valence-electron chi connectivity index (χ0n) is 20.6. The number of methoxy groups -OCH3 is 1. The maximum atomic E-state index is 13.0. The fourth-order valence-electron chi connectivity index (χ4n) is 4.42. The lowest BCUT2D eigenvalue weighted by atomic mass is 9.99. The van der Waals surface area contributed by atoms with E-state index in [4.69, 9.17) is 19.6 Å². The Kier molecular flexibility index (Phi) is 8.84. The van der Waals surface area contributed by atoms with E-state index in [0.717, 1.165) is 55.1 Å². The Morgan fingerprint density at radius 1 is 1.20 bits per heavy atom. The number of alkyl halides is 1. The molecule has 4 rings (SSSR count). The number of hydrogen-bond acceptors (Lipinski definition) is 9. The molecule has 10 heteroatoms. The smallest absolute Gasteiger partial charge is 0.320 e. The summed E-state index contributed by atoms with van der Waals surface area (Å²) in [7, 11) is 1.55. The summed E-state index contributed by atoms with van der Waals surface area (Å²) in [5.74, 6) is 1.38. The lowest BCUT2D eigenvalue weighted by Crippen LogP contribution is -2.50. The highest BCUT2D eigenvalue weighted by Gasteiger charge is 2.25. The summed E-state index contributed by atoms with van der Waals surface area (Å²) >= 11 is 0. The minimum atomic E-state index is -0.341. The van der Waals surface area contributed by atoms with Crippen LogP contribution in [-0.2, 0) is 15.9 Å². The van der Waals surface area contributed by atoms with Gasteiger partial charge in [-0.1, -0.05) is 0 Å². The van der Waals surface area contributed by atoms with Crippen LogP contribution in [0.2, 0.25) is 0 Å². The quantitative estimate of drug-likeness (QED) is 0.442. The molecule has 2 aliphatic heterocycles. The van der Waals surface area contributed by atoms with Gasteiger partial charge in [0.25, 0.3) is 0 Å². The molecule has 0 bridgehead atoms. The maximum Gasteiger partial charge on any atom is 0.320 e. The lowest BCUT2D eigenvalue weighted by molar-refractivity contribution is -0.0662. The molecular formula is C25H35FN6O3. The predicted octanol–water partition coefficient (Wildman–Crippen LogP) is 2.97. The van der Waals surface area contributed by atoms with Gasteiger partial charge in [0.2, 0.25) is 0 Å². The Bertz CT molecular complexity index is 997. The van der Waals surface area contributed by atoms with Crippen molar-refractivity contribution in [1.29, 1.82) is 5.41 Å². The molecule has 2 fully saturated rings. The first-order valence-corrected chi connectivity index (χ1v) is 12.2. The van der Waals surface area contributed by atoms with Crippen molar-refractivity contribution in [2.75, 3.05) is 76.6 Å². The number of anilines is 3. The second-order valence-electron chi connectivity index (χ2n) is 8.85. The van der Waals surface area contributed by atoms with E-state index >= 15 is 0 Å². The van der Waals surface area contributed by atoms with Gasteiger partial charge in [-0.05, 0) is 49.6 Å². The van der Waals surface area contributed by atoms with Gasteiger partial charge in [-0.3, -0.25) is 4.90 Å². The summed E-state index contributed by atoms with van der Waals surface area (Å²) in [6, 6.07) is 6.62. The van der Waals surface area contributed by atoms with Gasteiger partial charge in [0, 0.05) is 43.2 Å². The van der Waals surface area contributed by atoms with Crippen LogP contribution in [0.4, 0.5) is 21.7 Å². The summed E-state index contributed by atoms with van der Waals surface area (Å²) < 4.78 is 29.1. The molecule has 190 valence electrons. The van der Waals surface area contributed by atoms with E-state index in [1.807, 2.05) is 12.1 Å². The summed E-state index contributed by atoms with van der Waals surface area (Å²) in [5.41, 5.74) is 3.91. The lowest BCUT2D eigenvalue weighted by Gasteiger charge is -2.36. The van der Waals surface area contributed by atoms with Crippen molar-refractivity contribution < 1.29 is 18.6 Å². The van der Waals surface area contributed by atoms with Crippen LogP contribution in [0.25, 0.3) is 0 Å². The summed E-state index contributed by atoms with van der Waals surface area (Å²) in [6.45, 7) is 7.22. The van der Waals surface area contributed by atoms with Gasteiger partial charge < -0.3 is 29.8 Å². The molecule has 35 heavy (non-hydrogen) atoms. The van der Waals surface area contributed by atoms with E-state index in [2.05, 4.69) is 38.1 Å². The Morgan fingerprint density at radius 3 is 2.66 bits per heavy atom. The van der Waals surface area contributed by atoms with Gasteiger partial charge in [0.05, 0.1) is 39.6 Å². The molecule has 0 unspecified atom stereocenters. The van der Waals surface area contributed by atoms with E-state index in [1.165, 1.54) is 11.8 Å². The molecule has 2 aromatic rings. The fourth-order valence-corrected chi connectivity index (χ4v) is 4.42. The number of aromatic nitrogens is 2. The molecule has 0 spiro atoms. The van der Waals surface area contributed by atoms with Crippen molar-refractivity contribution in [3.8, 4) is 6.01 Å². The highest BCUT2D eigenvalue weighted by Crippen LogP contribution is 2.27. The molecule has 2 aliphatic rings. The number of rotatable bonds is 12. The maximum absolute atomic E-state index is 13.0. The highest BCUT2D eigenvalue weighted by molar-refractivity contribution is 5.88. The Labute approximate surface area is 206 Å². The van der Waals surface area contributed by atoms with Crippen LogP contribution in [0.3, 0.4) is 0 Å². The van der Waals surface area contributed by atoms with Crippen LogP contribution in [-0.4, -0.2) is 93.5 Å². The van der Waals surface area contributed by atoms with Crippen molar-refractivity contribution in [2.45, 2.75) is 25.8 Å². The molecule has 1 aromatic heterocycles. The third-order valence-corrected chi connectivity index (χ3v) is 6.54. The second kappa shape index (κ2) is 12.2. The first-order valence-electron chi connectivity index (χ1n) is 12.2. The summed E-state index contributed by atoms with van der Waals surface area (Å²) in [4.78, 5) is 13.3. The Morgan fingerprint density at radius 2 is 2.00 bits per heavy atom. The highest BCUT2D eigenvalue weighted by atomic mass is 19.1. The van der Waals surface area contributed by atoms with Gasteiger partial charge in [-0.25, -0.2) is 4.39 Å². The molecular weight excluding hydrogens is 451 g/mol. The molecule has 0 saturated carbocycles. The van der Waals surface area contributed by atoms with Crippen molar-refractivity contribution in [3.05, 3.63) is 34.9 Å². The third kappa shape index (κ3) is 6.45. The first-order chi connectivity index (χ1) is 17.1. The van der Waals surface area contributed by atoms with E-state index in [9.17, 15) is 4.39 Å². The SMILES string of the molecule is COc1nc(Nc2cc(CCCN(CCF)C3COC3)c(C)cc2C=N)cc(N2CCOCC2)n1. The third-order valence-electron chi connectivity index (χ3n) is 6.54. The summed E-state index contributed by atoms with van der Waals surface area (Å²) in [5, 5.41) is 11.3. The van der Waals surface area contributed by atoms with Gasteiger partial charge in [0.1, 0.15) is 18.3 Å². The number of benzene rings is 1. The van der Waals surface area contributed by atoms with Crippen molar-refractivity contribution in [2.24, 2.45) is 0 Å². The number of ether oxygens (including phenoxy) is 3. The van der Waals surface area contributed by atoms with Gasteiger partial charge in [-0.2, -0.15) is 9.97 Å². The molecule has 0 aliphatic carbocycles. The molecule has 0 atom stereocenters. The van der Waals surface area contributed by atoms with Crippen molar-refractivity contribution >= 4 is 23.5 Å². The standard InChI is InChI=1S/C25H35FN6O3/c1-18-12-20(15-27)22(13-19(18)4-3-6-31(7-5-26)21-16-35-17-21)28-23-14-24(30-25(29-23)33-2)32-8-10-34-11-9-32/h12-15,21,27H,3-11,16-17H2,1-2H3,(H,28,29,30). The van der Waals surface area contributed by atoms with Crippen molar-refractivity contribution in [1.82, 2.24) is 14.9 Å². The minimum absolute atomic E-state index is 0.285. The normalized spacial score (nSPS) is 16.3. The minimum Gasteiger partial charge on any atom is -0.467 e. The van der Waals surface area contributed by atoms with Gasteiger partial charge >= 0.3 is 6.01 Å².